The van der Waals surface area contributed by atoms with Gasteiger partial charge in [0.2, 0.25) is 0 Å². The lowest BCUT2D eigenvalue weighted by Crippen LogP contribution is -2.42. The number of guanidine groups is 1. The first kappa shape index (κ1) is 17.1. The van der Waals surface area contributed by atoms with Gasteiger partial charge >= 0.3 is 0 Å². The minimum atomic E-state index is -0.134. The molecule has 1 saturated carbocycles. The van der Waals surface area contributed by atoms with Crippen LogP contribution in [-0.4, -0.2) is 24.2 Å². The van der Waals surface area contributed by atoms with Gasteiger partial charge < -0.3 is 16.2 Å². The van der Waals surface area contributed by atoms with Crippen LogP contribution in [0.25, 0.3) is 0 Å². The van der Waals surface area contributed by atoms with E-state index in [-0.39, 0.29) is 12.0 Å². The van der Waals surface area contributed by atoms with Gasteiger partial charge in [0, 0.05) is 11.1 Å². The quantitative estimate of drug-likeness (QED) is 0.572. The summed E-state index contributed by atoms with van der Waals surface area (Å²) in [6, 6.07) is 17.0. The monoisotopic (exact) mass is 349 g/mol. The molecule has 1 fully saturated rings. The summed E-state index contributed by atoms with van der Waals surface area (Å²) in [5, 5.41) is 13.1. The van der Waals surface area contributed by atoms with E-state index < -0.39 is 0 Å². The van der Waals surface area contributed by atoms with E-state index in [2.05, 4.69) is 52.8 Å². The number of nitrogens with two attached hydrogens (primary N) is 1. The second-order valence-corrected chi connectivity index (χ2v) is 7.84. The Morgan fingerprint density at radius 1 is 1.12 bits per heavy atom. The average Bonchev–Trinajstić information content (AvgIpc) is 3.10. The molecule has 2 aliphatic rings. The Hall–Kier alpha value is -2.33. The Morgan fingerprint density at radius 3 is 2.65 bits per heavy atom. The molecule has 0 unspecified atom stereocenters. The van der Waals surface area contributed by atoms with Crippen LogP contribution in [0.4, 0.5) is 5.69 Å². The first-order valence-electron chi connectivity index (χ1n) is 9.52. The Kier molecular flexibility index (Phi) is 4.68. The van der Waals surface area contributed by atoms with E-state index in [1.165, 1.54) is 29.5 Å². The van der Waals surface area contributed by atoms with Gasteiger partial charge in [-0.25, -0.2) is 0 Å². The van der Waals surface area contributed by atoms with Gasteiger partial charge in [-0.15, -0.1) is 0 Å². The maximum atomic E-state index is 9.88. The van der Waals surface area contributed by atoms with Gasteiger partial charge in [-0.2, -0.15) is 0 Å². The zero-order valence-electron chi connectivity index (χ0n) is 15.1. The number of anilines is 1. The van der Waals surface area contributed by atoms with Crippen LogP contribution in [0.15, 0.2) is 53.5 Å². The molecule has 0 saturated heterocycles. The number of aliphatic hydroxyl groups excluding tert-OH is 1. The summed E-state index contributed by atoms with van der Waals surface area (Å²) in [4.78, 5) is 4.53. The smallest absolute Gasteiger partial charge is 0.193 e. The molecule has 0 aliphatic heterocycles. The normalized spacial score (nSPS) is 24.8. The lowest BCUT2D eigenvalue weighted by molar-refractivity contribution is 0.0342. The molecule has 2 aromatic carbocycles. The second-order valence-electron chi connectivity index (χ2n) is 7.84. The van der Waals surface area contributed by atoms with Gasteiger partial charge in [0.1, 0.15) is 0 Å². The van der Waals surface area contributed by atoms with Crippen molar-refractivity contribution in [3.8, 4) is 0 Å². The summed E-state index contributed by atoms with van der Waals surface area (Å²) >= 11 is 0. The van der Waals surface area contributed by atoms with Crippen molar-refractivity contribution in [3.63, 3.8) is 0 Å². The summed E-state index contributed by atoms with van der Waals surface area (Å²) in [7, 11) is 0. The lowest BCUT2D eigenvalue weighted by atomic mass is 9.60. The first-order valence-corrected chi connectivity index (χ1v) is 9.52. The third kappa shape index (κ3) is 3.47. The molecular weight excluding hydrogens is 322 g/mol. The van der Waals surface area contributed by atoms with Crippen LogP contribution in [0.2, 0.25) is 0 Å². The number of hydrogen-bond donors (Lipinski definition) is 3. The molecule has 0 radical (unpaired) electrons. The molecular formula is C22H27N3O. The number of aryl methyl sites for hydroxylation is 2. The molecule has 4 nitrogen and oxygen atoms in total. The standard InChI is InChI=1S/C22H27N3O/c23-21(25-20-10-9-17-7-4-8-18(17)11-20)24-14-22(15-26)12-19(13-22)16-5-2-1-3-6-16/h1-3,5-6,9-11,19,26H,4,7-8,12-15H2,(H3,23,24,25). The molecule has 4 rings (SSSR count). The van der Waals surface area contributed by atoms with Crippen molar-refractivity contribution in [3.05, 3.63) is 65.2 Å². The largest absolute Gasteiger partial charge is 0.396 e. The molecule has 0 spiro atoms. The van der Waals surface area contributed by atoms with E-state index in [0.29, 0.717) is 18.4 Å². The second kappa shape index (κ2) is 7.12. The summed E-state index contributed by atoms with van der Waals surface area (Å²) < 4.78 is 0. The molecule has 136 valence electrons. The number of rotatable bonds is 5. The zero-order valence-corrected chi connectivity index (χ0v) is 15.1. The molecule has 4 N–H and O–H groups in total. The van der Waals surface area contributed by atoms with Crippen molar-refractivity contribution in [2.75, 3.05) is 18.5 Å². The van der Waals surface area contributed by atoms with Crippen LogP contribution in [0.5, 0.6) is 0 Å². The van der Waals surface area contributed by atoms with Gasteiger partial charge in [-0.1, -0.05) is 36.4 Å². The van der Waals surface area contributed by atoms with E-state index in [0.717, 1.165) is 24.9 Å². The predicted molar refractivity (Wildman–Crippen MR) is 107 cm³/mol. The van der Waals surface area contributed by atoms with Crippen LogP contribution < -0.4 is 11.1 Å². The molecule has 0 atom stereocenters. The number of aliphatic imine (C=N–C) groups is 1. The van der Waals surface area contributed by atoms with Gasteiger partial charge in [0.25, 0.3) is 0 Å². The minimum Gasteiger partial charge on any atom is -0.396 e. The minimum absolute atomic E-state index is 0.134. The third-order valence-electron chi connectivity index (χ3n) is 5.92. The molecule has 4 heteroatoms. The fraction of sp³-hybridized carbons (Fsp3) is 0.409. The van der Waals surface area contributed by atoms with Crippen molar-refractivity contribution in [1.82, 2.24) is 0 Å². The van der Waals surface area contributed by atoms with E-state index >= 15 is 0 Å². The van der Waals surface area contributed by atoms with Crippen molar-refractivity contribution in [1.29, 1.82) is 0 Å². The van der Waals surface area contributed by atoms with Gasteiger partial charge in [0.05, 0.1) is 13.2 Å². The predicted octanol–water partition coefficient (Wildman–Crippen LogP) is 3.46. The van der Waals surface area contributed by atoms with E-state index in [1.807, 2.05) is 6.07 Å². The van der Waals surface area contributed by atoms with Gasteiger partial charge in [0.15, 0.2) is 5.96 Å². The molecule has 0 heterocycles. The van der Waals surface area contributed by atoms with Crippen LogP contribution >= 0.6 is 0 Å². The van der Waals surface area contributed by atoms with Gasteiger partial charge in [-0.05, 0) is 66.8 Å². The molecule has 2 aromatic rings. The van der Waals surface area contributed by atoms with Crippen LogP contribution in [0.1, 0.15) is 41.9 Å². The number of benzene rings is 2. The topological polar surface area (TPSA) is 70.6 Å². The number of aliphatic hydroxyl groups is 1. The molecule has 0 bridgehead atoms. The highest BCUT2D eigenvalue weighted by atomic mass is 16.3. The third-order valence-corrected chi connectivity index (χ3v) is 5.92. The highest BCUT2D eigenvalue weighted by Crippen LogP contribution is 2.51. The van der Waals surface area contributed by atoms with Crippen molar-refractivity contribution < 1.29 is 5.11 Å². The fourth-order valence-electron chi connectivity index (χ4n) is 4.34. The summed E-state index contributed by atoms with van der Waals surface area (Å²) in [5.74, 6) is 0.948. The van der Waals surface area contributed by atoms with E-state index in [9.17, 15) is 5.11 Å². The highest BCUT2D eigenvalue weighted by molar-refractivity contribution is 5.92. The number of nitrogens with one attached hydrogen (secondary N) is 1. The van der Waals surface area contributed by atoms with Crippen LogP contribution in [0, 0.1) is 5.41 Å². The Bertz CT molecular complexity index is 794. The lowest BCUT2D eigenvalue weighted by Gasteiger charge is -2.46. The number of fused-ring (bicyclic) bond motifs is 1. The van der Waals surface area contributed by atoms with Crippen LogP contribution in [0.3, 0.4) is 0 Å². The molecule has 0 aromatic heterocycles. The Labute approximate surface area is 155 Å². The van der Waals surface area contributed by atoms with Gasteiger partial charge in [-0.3, -0.25) is 4.99 Å². The average molecular weight is 349 g/mol. The zero-order chi connectivity index (χ0) is 18.0. The molecule has 26 heavy (non-hydrogen) atoms. The summed E-state index contributed by atoms with van der Waals surface area (Å²) in [6.45, 7) is 0.725. The van der Waals surface area contributed by atoms with Crippen molar-refractivity contribution >= 4 is 11.6 Å². The highest BCUT2D eigenvalue weighted by Gasteiger charge is 2.44. The van der Waals surface area contributed by atoms with Crippen molar-refractivity contribution in [2.24, 2.45) is 16.1 Å². The van der Waals surface area contributed by atoms with Crippen molar-refractivity contribution in [2.45, 2.75) is 38.0 Å². The summed E-state index contributed by atoms with van der Waals surface area (Å²) in [5.41, 5.74) is 11.2. The Morgan fingerprint density at radius 2 is 1.88 bits per heavy atom. The number of nitrogens with zero attached hydrogens (tertiary/aromatic N) is 1. The fourth-order valence-corrected chi connectivity index (χ4v) is 4.34. The maximum absolute atomic E-state index is 9.88. The van der Waals surface area contributed by atoms with Crippen LogP contribution in [-0.2, 0) is 12.8 Å². The number of hydrogen-bond acceptors (Lipinski definition) is 2. The Balaban J connectivity index is 1.36. The SMILES string of the molecule is NC(=NCC1(CO)CC(c2ccccc2)C1)Nc1ccc2c(c1)CCC2. The summed E-state index contributed by atoms with van der Waals surface area (Å²) in [6.07, 6.45) is 5.49. The molecule has 2 aliphatic carbocycles. The first-order chi connectivity index (χ1) is 12.7. The maximum Gasteiger partial charge on any atom is 0.193 e. The van der Waals surface area contributed by atoms with E-state index in [4.69, 9.17) is 5.73 Å². The molecule has 0 amide bonds. The van der Waals surface area contributed by atoms with E-state index in [1.54, 1.807) is 0 Å².